The third kappa shape index (κ3) is 4.21. The summed E-state index contributed by atoms with van der Waals surface area (Å²) in [6.45, 7) is 2.37. The molecule has 1 saturated carbocycles. The number of carbonyl (C=O) groups is 2. The molecule has 0 radical (unpaired) electrons. The minimum atomic E-state index is -0.0746. The number of piperazine rings is 1. The molecule has 2 fully saturated rings. The highest BCUT2D eigenvalue weighted by molar-refractivity contribution is 5.94. The molecular formula is C20H29N3O2. The predicted octanol–water partition coefficient (Wildman–Crippen LogP) is 2.44. The summed E-state index contributed by atoms with van der Waals surface area (Å²) in [4.78, 5) is 28.9. The highest BCUT2D eigenvalue weighted by atomic mass is 16.2. The molecule has 1 N–H and O–H groups in total. The van der Waals surface area contributed by atoms with Gasteiger partial charge < -0.3 is 10.2 Å². The normalized spacial score (nSPS) is 22.2. The third-order valence-corrected chi connectivity index (χ3v) is 5.70. The number of amides is 2. The molecule has 5 nitrogen and oxygen atoms in total. The average Bonchev–Trinajstić information content (AvgIpc) is 3.14. The van der Waals surface area contributed by atoms with Crippen LogP contribution in [0.15, 0.2) is 24.3 Å². The smallest absolute Gasteiger partial charge is 0.251 e. The lowest BCUT2D eigenvalue weighted by molar-refractivity contribution is -0.135. The van der Waals surface area contributed by atoms with Gasteiger partial charge in [-0.25, -0.2) is 0 Å². The molecule has 136 valence electrons. The maximum Gasteiger partial charge on any atom is 0.251 e. The van der Waals surface area contributed by atoms with Crippen molar-refractivity contribution in [3.05, 3.63) is 35.4 Å². The van der Waals surface area contributed by atoms with E-state index < -0.39 is 0 Å². The molecule has 1 saturated heterocycles. The maximum atomic E-state index is 12.7. The van der Waals surface area contributed by atoms with Crippen molar-refractivity contribution in [1.82, 2.24) is 15.1 Å². The fourth-order valence-electron chi connectivity index (χ4n) is 4.08. The van der Waals surface area contributed by atoms with Gasteiger partial charge in [0.1, 0.15) is 0 Å². The first-order chi connectivity index (χ1) is 12.1. The van der Waals surface area contributed by atoms with Crippen molar-refractivity contribution in [2.24, 2.45) is 5.92 Å². The number of nitrogens with zero attached hydrogens (tertiary/aromatic N) is 2. The molecule has 25 heavy (non-hydrogen) atoms. The van der Waals surface area contributed by atoms with Gasteiger partial charge >= 0.3 is 0 Å². The van der Waals surface area contributed by atoms with Crippen LogP contribution in [0.25, 0.3) is 0 Å². The van der Waals surface area contributed by atoms with Crippen LogP contribution in [0.4, 0.5) is 0 Å². The molecule has 1 aromatic carbocycles. The number of rotatable bonds is 4. The van der Waals surface area contributed by atoms with Gasteiger partial charge in [-0.2, -0.15) is 0 Å². The van der Waals surface area contributed by atoms with Crippen molar-refractivity contribution in [3.8, 4) is 0 Å². The lowest BCUT2D eigenvalue weighted by Gasteiger charge is -2.40. The number of hydrogen-bond donors (Lipinski definition) is 1. The van der Waals surface area contributed by atoms with Crippen LogP contribution in [0.3, 0.4) is 0 Å². The second kappa shape index (κ2) is 8.00. The van der Waals surface area contributed by atoms with Crippen molar-refractivity contribution in [2.45, 2.75) is 38.1 Å². The topological polar surface area (TPSA) is 52.7 Å². The van der Waals surface area contributed by atoms with E-state index in [9.17, 15) is 9.59 Å². The molecule has 0 spiro atoms. The van der Waals surface area contributed by atoms with Gasteiger partial charge in [-0.3, -0.25) is 14.5 Å². The molecule has 1 aromatic rings. The average molecular weight is 343 g/mol. The fraction of sp³-hybridized carbons (Fsp3) is 0.600. The zero-order valence-corrected chi connectivity index (χ0v) is 15.3. The van der Waals surface area contributed by atoms with Crippen molar-refractivity contribution in [3.63, 3.8) is 0 Å². The summed E-state index contributed by atoms with van der Waals surface area (Å²) in [5, 5.41) is 2.67. The number of carbonyl (C=O) groups excluding carboxylic acids is 2. The Morgan fingerprint density at radius 1 is 1.20 bits per heavy atom. The molecule has 5 heteroatoms. The van der Waals surface area contributed by atoms with Gasteiger partial charge in [0, 0.05) is 38.7 Å². The zero-order valence-electron chi connectivity index (χ0n) is 15.3. The molecule has 2 amide bonds. The monoisotopic (exact) mass is 343 g/mol. The van der Waals surface area contributed by atoms with Crippen LogP contribution in [0.5, 0.6) is 0 Å². The first kappa shape index (κ1) is 17.9. The molecule has 1 aliphatic heterocycles. The van der Waals surface area contributed by atoms with Crippen LogP contribution in [-0.2, 0) is 4.79 Å². The second-order valence-electron chi connectivity index (χ2n) is 7.40. The van der Waals surface area contributed by atoms with Gasteiger partial charge in [-0.15, -0.1) is 0 Å². The molecule has 0 aromatic heterocycles. The quantitative estimate of drug-likeness (QED) is 0.914. The van der Waals surface area contributed by atoms with Crippen LogP contribution in [-0.4, -0.2) is 55.3 Å². The number of hydrogen-bond acceptors (Lipinski definition) is 3. The van der Waals surface area contributed by atoms with Gasteiger partial charge in [-0.05, 0) is 43.5 Å². The highest BCUT2D eigenvalue weighted by Gasteiger charge is 2.30. The van der Waals surface area contributed by atoms with Gasteiger partial charge in [0.2, 0.25) is 5.91 Å². The summed E-state index contributed by atoms with van der Waals surface area (Å²) >= 11 is 0. The Bertz CT molecular complexity index is 625. The van der Waals surface area contributed by atoms with Gasteiger partial charge in [-0.1, -0.05) is 25.0 Å². The Morgan fingerprint density at radius 3 is 2.68 bits per heavy atom. The minimum Gasteiger partial charge on any atom is -0.355 e. The van der Waals surface area contributed by atoms with E-state index >= 15 is 0 Å². The third-order valence-electron chi connectivity index (χ3n) is 5.70. The van der Waals surface area contributed by atoms with Crippen molar-refractivity contribution in [2.75, 3.05) is 33.7 Å². The Balaban J connectivity index is 1.70. The number of nitrogens with one attached hydrogen (secondary N) is 1. The van der Waals surface area contributed by atoms with E-state index in [0.29, 0.717) is 30.4 Å². The van der Waals surface area contributed by atoms with Crippen LogP contribution in [0.1, 0.15) is 54.1 Å². The molecule has 3 rings (SSSR count). The molecule has 1 heterocycles. The Hall–Kier alpha value is -1.88. The molecule has 0 bridgehead atoms. The highest BCUT2D eigenvalue weighted by Crippen LogP contribution is 2.30. The first-order valence-corrected chi connectivity index (χ1v) is 9.38. The fourth-order valence-corrected chi connectivity index (χ4v) is 4.08. The van der Waals surface area contributed by atoms with Crippen LogP contribution in [0.2, 0.25) is 0 Å². The number of benzene rings is 1. The van der Waals surface area contributed by atoms with E-state index in [2.05, 4.69) is 23.3 Å². The standard InChI is InChI=1S/C20H29N3O2/c1-21-20(25)17-9-5-8-16(13-17)18-14-23(11-10-22(18)2)19(24)12-15-6-3-4-7-15/h5,8-9,13,15,18H,3-4,6-7,10-12,14H2,1-2H3,(H,21,25)/t18-/m1/s1. The van der Waals surface area contributed by atoms with E-state index in [1.165, 1.54) is 25.7 Å². The summed E-state index contributed by atoms with van der Waals surface area (Å²) in [7, 11) is 3.74. The SMILES string of the molecule is CNC(=O)c1cccc([C@H]2CN(C(=O)CC3CCCC3)CCN2C)c1. The molecule has 0 unspecified atom stereocenters. The Labute approximate surface area is 150 Å². The zero-order chi connectivity index (χ0) is 17.8. The van der Waals surface area contributed by atoms with E-state index in [0.717, 1.165) is 18.7 Å². The van der Waals surface area contributed by atoms with Crippen molar-refractivity contribution < 1.29 is 9.59 Å². The lowest BCUT2D eigenvalue weighted by Crippen LogP contribution is -2.49. The van der Waals surface area contributed by atoms with E-state index in [-0.39, 0.29) is 11.9 Å². The van der Waals surface area contributed by atoms with Gasteiger partial charge in [0.05, 0.1) is 6.04 Å². The van der Waals surface area contributed by atoms with Gasteiger partial charge in [0.25, 0.3) is 5.91 Å². The Morgan fingerprint density at radius 2 is 1.96 bits per heavy atom. The molecule has 1 atom stereocenters. The molecular weight excluding hydrogens is 314 g/mol. The predicted molar refractivity (Wildman–Crippen MR) is 98.4 cm³/mol. The lowest BCUT2D eigenvalue weighted by atomic mass is 9.98. The summed E-state index contributed by atoms with van der Waals surface area (Å²) in [6, 6.07) is 7.90. The van der Waals surface area contributed by atoms with Gasteiger partial charge in [0.15, 0.2) is 0 Å². The first-order valence-electron chi connectivity index (χ1n) is 9.38. The van der Waals surface area contributed by atoms with Crippen LogP contribution >= 0.6 is 0 Å². The summed E-state index contributed by atoms with van der Waals surface area (Å²) in [5.41, 5.74) is 1.77. The molecule has 2 aliphatic rings. The Kier molecular flexibility index (Phi) is 5.74. The summed E-state index contributed by atoms with van der Waals surface area (Å²) in [5.74, 6) is 0.809. The maximum absolute atomic E-state index is 12.7. The van der Waals surface area contributed by atoms with E-state index in [1.807, 2.05) is 23.1 Å². The second-order valence-corrected chi connectivity index (χ2v) is 7.40. The van der Waals surface area contributed by atoms with Crippen LogP contribution < -0.4 is 5.32 Å². The van der Waals surface area contributed by atoms with E-state index in [4.69, 9.17) is 0 Å². The summed E-state index contributed by atoms with van der Waals surface area (Å²) < 4.78 is 0. The number of likely N-dealkylation sites (N-methyl/N-ethyl adjacent to an activating group) is 1. The minimum absolute atomic E-state index is 0.0746. The van der Waals surface area contributed by atoms with Crippen molar-refractivity contribution in [1.29, 1.82) is 0 Å². The summed E-state index contributed by atoms with van der Waals surface area (Å²) in [6.07, 6.45) is 5.66. The van der Waals surface area contributed by atoms with E-state index in [1.54, 1.807) is 7.05 Å². The molecule has 1 aliphatic carbocycles. The largest absolute Gasteiger partial charge is 0.355 e. The van der Waals surface area contributed by atoms with Crippen molar-refractivity contribution >= 4 is 11.8 Å². The van der Waals surface area contributed by atoms with Crippen LogP contribution in [0, 0.1) is 5.92 Å².